The molecule has 5 heteroatoms. The number of hydrogen-bond donors (Lipinski definition) is 2. The molecule has 2 N–H and O–H groups in total. The standard InChI is InChI=1S/C19H28N2O3/c1-4-5-8-11-20-18(22)14-12-15(14)19(23)21-16-9-6-7-10-17(16)24-13(2)3/h6-7,9-10,13-15H,4-5,8,11-12H2,1-3H3,(H,20,22)(H,21,23). The molecule has 2 amide bonds. The van der Waals surface area contributed by atoms with Crippen LogP contribution in [0, 0.1) is 11.8 Å². The second kappa shape index (κ2) is 8.71. The first-order valence-electron chi connectivity index (χ1n) is 8.87. The molecule has 0 radical (unpaired) electrons. The smallest absolute Gasteiger partial charge is 0.228 e. The van der Waals surface area contributed by atoms with Gasteiger partial charge in [-0.05, 0) is 38.8 Å². The molecule has 1 aliphatic rings. The van der Waals surface area contributed by atoms with E-state index in [0.717, 1.165) is 19.3 Å². The van der Waals surface area contributed by atoms with Crippen LogP contribution in [-0.4, -0.2) is 24.5 Å². The monoisotopic (exact) mass is 332 g/mol. The molecule has 0 heterocycles. The van der Waals surface area contributed by atoms with Crippen molar-refractivity contribution < 1.29 is 14.3 Å². The van der Waals surface area contributed by atoms with Crippen LogP contribution in [0.2, 0.25) is 0 Å². The largest absolute Gasteiger partial charge is 0.489 e. The number of carbonyl (C=O) groups excluding carboxylic acids is 2. The highest BCUT2D eigenvalue weighted by molar-refractivity contribution is 6.00. The minimum absolute atomic E-state index is 0.00188. The van der Waals surface area contributed by atoms with Crippen molar-refractivity contribution in [3.8, 4) is 5.75 Å². The molecular formula is C19H28N2O3. The lowest BCUT2D eigenvalue weighted by Crippen LogP contribution is -2.28. The average Bonchev–Trinajstić information content (AvgIpc) is 3.33. The molecule has 5 nitrogen and oxygen atoms in total. The first-order chi connectivity index (χ1) is 11.5. The summed E-state index contributed by atoms with van der Waals surface area (Å²) in [6, 6.07) is 7.38. The van der Waals surface area contributed by atoms with E-state index in [1.807, 2.05) is 38.1 Å². The number of benzene rings is 1. The molecule has 24 heavy (non-hydrogen) atoms. The van der Waals surface area contributed by atoms with Gasteiger partial charge in [0, 0.05) is 6.54 Å². The van der Waals surface area contributed by atoms with Gasteiger partial charge in [-0.2, -0.15) is 0 Å². The molecule has 0 aromatic heterocycles. The maximum absolute atomic E-state index is 12.4. The van der Waals surface area contributed by atoms with Crippen LogP contribution in [0.1, 0.15) is 46.5 Å². The Kier molecular flexibility index (Phi) is 6.64. The maximum Gasteiger partial charge on any atom is 0.228 e. The first kappa shape index (κ1) is 18.3. The molecule has 1 aromatic rings. The van der Waals surface area contributed by atoms with Gasteiger partial charge in [0.2, 0.25) is 11.8 Å². The van der Waals surface area contributed by atoms with Gasteiger partial charge in [0.1, 0.15) is 5.75 Å². The Balaban J connectivity index is 1.83. The lowest BCUT2D eigenvalue weighted by Gasteiger charge is -2.14. The highest BCUT2D eigenvalue weighted by atomic mass is 16.5. The minimum Gasteiger partial charge on any atom is -0.489 e. The summed E-state index contributed by atoms with van der Waals surface area (Å²) in [6.45, 7) is 6.71. The number of rotatable bonds is 9. The molecule has 0 aliphatic heterocycles. The number of amides is 2. The number of nitrogens with one attached hydrogen (secondary N) is 2. The summed E-state index contributed by atoms with van der Waals surface area (Å²) in [5.41, 5.74) is 0.658. The van der Waals surface area contributed by atoms with Crippen LogP contribution < -0.4 is 15.4 Å². The molecule has 2 unspecified atom stereocenters. The molecule has 0 saturated heterocycles. The van der Waals surface area contributed by atoms with Gasteiger partial charge in [0.05, 0.1) is 23.6 Å². The average molecular weight is 332 g/mol. The number of para-hydroxylation sites is 2. The van der Waals surface area contributed by atoms with Crippen molar-refractivity contribution in [2.24, 2.45) is 11.8 Å². The summed E-state index contributed by atoms with van der Waals surface area (Å²) in [7, 11) is 0. The van der Waals surface area contributed by atoms with Gasteiger partial charge >= 0.3 is 0 Å². The summed E-state index contributed by atoms with van der Waals surface area (Å²) in [4.78, 5) is 24.4. The van der Waals surface area contributed by atoms with Gasteiger partial charge in [-0.25, -0.2) is 0 Å². The van der Waals surface area contributed by atoms with Crippen LogP contribution in [0.4, 0.5) is 5.69 Å². The van der Waals surface area contributed by atoms with Crippen LogP contribution in [0.15, 0.2) is 24.3 Å². The second-order valence-electron chi connectivity index (χ2n) is 6.60. The summed E-state index contributed by atoms with van der Waals surface area (Å²) in [5.74, 6) is 0.122. The summed E-state index contributed by atoms with van der Waals surface area (Å²) < 4.78 is 5.70. The van der Waals surface area contributed by atoms with Crippen molar-refractivity contribution in [1.82, 2.24) is 5.32 Å². The fraction of sp³-hybridized carbons (Fsp3) is 0.579. The fourth-order valence-electron chi connectivity index (χ4n) is 2.64. The Hall–Kier alpha value is -2.04. The second-order valence-corrected chi connectivity index (χ2v) is 6.60. The Labute approximate surface area is 144 Å². The van der Waals surface area contributed by atoms with Crippen LogP contribution in [0.3, 0.4) is 0 Å². The molecule has 0 spiro atoms. The molecule has 0 bridgehead atoms. The zero-order valence-electron chi connectivity index (χ0n) is 14.8. The Morgan fingerprint density at radius 1 is 1.17 bits per heavy atom. The van der Waals surface area contributed by atoms with E-state index in [9.17, 15) is 9.59 Å². The highest BCUT2D eigenvalue weighted by Gasteiger charge is 2.48. The van der Waals surface area contributed by atoms with Crippen LogP contribution in [0.5, 0.6) is 5.75 Å². The third-order valence-electron chi connectivity index (χ3n) is 4.05. The maximum atomic E-state index is 12.4. The Bertz CT molecular complexity index is 571. The van der Waals surface area contributed by atoms with E-state index < -0.39 is 0 Å². The van der Waals surface area contributed by atoms with Crippen molar-refractivity contribution in [2.75, 3.05) is 11.9 Å². The van der Waals surface area contributed by atoms with E-state index in [1.54, 1.807) is 0 Å². The lowest BCUT2D eigenvalue weighted by atomic mass is 10.2. The predicted octanol–water partition coefficient (Wildman–Crippen LogP) is 3.35. The van der Waals surface area contributed by atoms with Gasteiger partial charge < -0.3 is 15.4 Å². The van der Waals surface area contributed by atoms with E-state index in [0.29, 0.717) is 24.4 Å². The number of anilines is 1. The third-order valence-corrected chi connectivity index (χ3v) is 4.05. The summed E-state index contributed by atoms with van der Waals surface area (Å²) in [6.07, 6.45) is 3.89. The fourth-order valence-corrected chi connectivity index (χ4v) is 2.64. The molecule has 1 aliphatic carbocycles. The zero-order chi connectivity index (χ0) is 17.5. The number of unbranched alkanes of at least 4 members (excludes halogenated alkanes) is 2. The molecule has 1 aromatic carbocycles. The number of carbonyl (C=O) groups is 2. The lowest BCUT2D eigenvalue weighted by molar-refractivity contribution is -0.125. The molecule has 1 fully saturated rings. The quantitative estimate of drug-likeness (QED) is 0.681. The van der Waals surface area contributed by atoms with Crippen LogP contribution in [-0.2, 0) is 9.59 Å². The van der Waals surface area contributed by atoms with Gasteiger partial charge in [-0.15, -0.1) is 0 Å². The Morgan fingerprint density at radius 2 is 1.88 bits per heavy atom. The van der Waals surface area contributed by atoms with Gasteiger partial charge in [0.25, 0.3) is 0 Å². The van der Waals surface area contributed by atoms with Crippen molar-refractivity contribution in [1.29, 1.82) is 0 Å². The van der Waals surface area contributed by atoms with E-state index in [-0.39, 0.29) is 29.8 Å². The molecular weight excluding hydrogens is 304 g/mol. The molecule has 2 atom stereocenters. The van der Waals surface area contributed by atoms with E-state index >= 15 is 0 Å². The topological polar surface area (TPSA) is 67.4 Å². The first-order valence-corrected chi connectivity index (χ1v) is 8.87. The molecule has 1 saturated carbocycles. The Morgan fingerprint density at radius 3 is 2.58 bits per heavy atom. The summed E-state index contributed by atoms with van der Waals surface area (Å²) in [5, 5.41) is 5.82. The highest BCUT2D eigenvalue weighted by Crippen LogP contribution is 2.40. The zero-order valence-corrected chi connectivity index (χ0v) is 14.8. The van der Waals surface area contributed by atoms with E-state index in [2.05, 4.69) is 17.6 Å². The summed E-state index contributed by atoms with van der Waals surface area (Å²) >= 11 is 0. The predicted molar refractivity (Wildman–Crippen MR) is 95.0 cm³/mol. The van der Waals surface area contributed by atoms with Crippen LogP contribution >= 0.6 is 0 Å². The molecule has 132 valence electrons. The van der Waals surface area contributed by atoms with Gasteiger partial charge in [-0.1, -0.05) is 31.9 Å². The van der Waals surface area contributed by atoms with E-state index in [1.165, 1.54) is 0 Å². The number of ether oxygens (including phenoxy) is 1. The van der Waals surface area contributed by atoms with Gasteiger partial charge in [0.15, 0.2) is 0 Å². The van der Waals surface area contributed by atoms with Crippen molar-refractivity contribution >= 4 is 17.5 Å². The molecule has 2 rings (SSSR count). The van der Waals surface area contributed by atoms with Gasteiger partial charge in [-0.3, -0.25) is 9.59 Å². The van der Waals surface area contributed by atoms with Crippen molar-refractivity contribution in [2.45, 2.75) is 52.6 Å². The normalized spacial score (nSPS) is 19.0. The van der Waals surface area contributed by atoms with Crippen LogP contribution in [0.25, 0.3) is 0 Å². The van der Waals surface area contributed by atoms with Crippen molar-refractivity contribution in [3.05, 3.63) is 24.3 Å². The third kappa shape index (κ3) is 5.25. The SMILES string of the molecule is CCCCCNC(=O)C1CC1C(=O)Nc1ccccc1OC(C)C. The van der Waals surface area contributed by atoms with E-state index in [4.69, 9.17) is 4.74 Å². The number of hydrogen-bond acceptors (Lipinski definition) is 3. The van der Waals surface area contributed by atoms with Crippen molar-refractivity contribution in [3.63, 3.8) is 0 Å². The minimum atomic E-state index is -0.233.